The van der Waals surface area contributed by atoms with Crippen LogP contribution in [0.3, 0.4) is 0 Å². The minimum Gasteiger partial charge on any atom is -0.550 e. The van der Waals surface area contributed by atoms with Gasteiger partial charge in [-0.2, -0.15) is 0 Å². The van der Waals surface area contributed by atoms with Gasteiger partial charge in [-0.25, -0.2) is 0 Å². The molecule has 0 aromatic heterocycles. The van der Waals surface area contributed by atoms with Gasteiger partial charge < -0.3 is 19.1 Å². The molecule has 0 N–H and O–H groups in total. The maximum atomic E-state index is 12.1. The molecule has 0 heterocycles. The average Bonchev–Trinajstić information content (AvgIpc) is 2.79. The lowest BCUT2D eigenvalue weighted by atomic mass is 9.95. The molecule has 220 valence electrons. The first kappa shape index (κ1) is 35.9. The Labute approximate surface area is 230 Å². The first-order valence-corrected chi connectivity index (χ1v) is 15.8. The third-order valence-electron chi connectivity index (χ3n) is 7.32. The molecule has 5 nitrogen and oxygen atoms in total. The summed E-state index contributed by atoms with van der Waals surface area (Å²) in [6.07, 6.45) is 26.1. The first-order chi connectivity index (χ1) is 17.6. The van der Waals surface area contributed by atoms with Crippen molar-refractivity contribution in [3.8, 4) is 0 Å². The zero-order valence-corrected chi connectivity index (χ0v) is 25.5. The predicted octanol–water partition coefficient (Wildman–Crippen LogP) is 7.59. The monoisotopic (exact) mass is 525 g/mol. The van der Waals surface area contributed by atoms with Crippen molar-refractivity contribution in [3.63, 3.8) is 0 Å². The second-order valence-electron chi connectivity index (χ2n) is 12.6. The summed E-state index contributed by atoms with van der Waals surface area (Å²) < 4.78 is 5.96. The standard InChI is InChI=1S/C32H63NO4/c1-6-7-8-9-10-15-18-21-24-29(2)25-22-19-16-13-11-12-14-17-20-23-26-32(36)37-30(27-31(34)35)28-33(3,4)5/h29-30H,6-28H2,1-5H3. The van der Waals surface area contributed by atoms with E-state index in [0.29, 0.717) is 17.4 Å². The van der Waals surface area contributed by atoms with Gasteiger partial charge in [0.05, 0.1) is 21.1 Å². The number of carboxylic acid groups (broad SMARTS) is 1. The molecule has 0 aromatic rings. The molecule has 0 fully saturated rings. The van der Waals surface area contributed by atoms with Crippen molar-refractivity contribution in [2.45, 2.75) is 161 Å². The van der Waals surface area contributed by atoms with Crippen LogP contribution in [0.4, 0.5) is 0 Å². The smallest absolute Gasteiger partial charge is 0.306 e. The molecule has 0 aliphatic heterocycles. The predicted molar refractivity (Wildman–Crippen MR) is 154 cm³/mol. The van der Waals surface area contributed by atoms with Crippen LogP contribution in [0.15, 0.2) is 0 Å². The van der Waals surface area contributed by atoms with E-state index in [0.717, 1.165) is 25.2 Å². The summed E-state index contributed by atoms with van der Waals surface area (Å²) in [6.45, 7) is 5.20. The molecule has 0 radical (unpaired) electrons. The summed E-state index contributed by atoms with van der Waals surface area (Å²) >= 11 is 0. The van der Waals surface area contributed by atoms with E-state index in [4.69, 9.17) is 4.74 Å². The number of rotatable bonds is 27. The van der Waals surface area contributed by atoms with Crippen LogP contribution in [0.5, 0.6) is 0 Å². The molecule has 0 saturated heterocycles. The number of carboxylic acids is 1. The quantitative estimate of drug-likeness (QED) is 0.0629. The third kappa shape index (κ3) is 27.7. The number of aliphatic carboxylic acids is 1. The van der Waals surface area contributed by atoms with Crippen LogP contribution < -0.4 is 5.11 Å². The van der Waals surface area contributed by atoms with E-state index in [1.807, 2.05) is 21.1 Å². The largest absolute Gasteiger partial charge is 0.550 e. The highest BCUT2D eigenvalue weighted by molar-refractivity contribution is 5.70. The number of carbonyl (C=O) groups is 2. The van der Waals surface area contributed by atoms with Crippen LogP contribution in [0, 0.1) is 5.92 Å². The maximum absolute atomic E-state index is 12.1. The Morgan fingerprint density at radius 3 is 1.49 bits per heavy atom. The number of ether oxygens (including phenoxy) is 1. The van der Waals surface area contributed by atoms with Crippen LogP contribution in [0.25, 0.3) is 0 Å². The number of likely N-dealkylation sites (N-methyl/N-ethyl adjacent to an activating group) is 1. The molecule has 0 aliphatic rings. The van der Waals surface area contributed by atoms with Gasteiger partial charge in [0.15, 0.2) is 6.10 Å². The number of nitrogens with zero attached hydrogens (tertiary/aromatic N) is 1. The summed E-state index contributed by atoms with van der Waals surface area (Å²) in [5.41, 5.74) is 0. The normalized spacial score (nSPS) is 13.4. The molecular weight excluding hydrogens is 462 g/mol. The second-order valence-corrected chi connectivity index (χ2v) is 12.6. The number of carbonyl (C=O) groups excluding carboxylic acids is 2. The van der Waals surface area contributed by atoms with E-state index >= 15 is 0 Å². The van der Waals surface area contributed by atoms with Gasteiger partial charge in [0.2, 0.25) is 0 Å². The Kier molecular flexibility index (Phi) is 23.3. The van der Waals surface area contributed by atoms with Crippen molar-refractivity contribution in [1.82, 2.24) is 0 Å². The average molecular weight is 526 g/mol. The van der Waals surface area contributed by atoms with Gasteiger partial charge in [0.1, 0.15) is 6.54 Å². The molecule has 0 saturated carbocycles. The molecule has 0 amide bonds. The Bertz CT molecular complexity index is 543. The summed E-state index contributed by atoms with van der Waals surface area (Å²) in [4.78, 5) is 23.0. The van der Waals surface area contributed by atoms with Crippen LogP contribution in [0.1, 0.15) is 155 Å². The highest BCUT2D eigenvalue weighted by Gasteiger charge is 2.22. The van der Waals surface area contributed by atoms with Gasteiger partial charge in [-0.3, -0.25) is 4.79 Å². The Morgan fingerprint density at radius 1 is 0.676 bits per heavy atom. The number of esters is 1. The van der Waals surface area contributed by atoms with Crippen molar-refractivity contribution in [2.75, 3.05) is 27.7 Å². The molecule has 37 heavy (non-hydrogen) atoms. The molecule has 0 spiro atoms. The summed E-state index contributed by atoms with van der Waals surface area (Å²) in [6, 6.07) is 0. The fraction of sp³-hybridized carbons (Fsp3) is 0.938. The fourth-order valence-corrected chi connectivity index (χ4v) is 5.13. The zero-order valence-electron chi connectivity index (χ0n) is 25.5. The highest BCUT2D eigenvalue weighted by Crippen LogP contribution is 2.19. The number of hydrogen-bond acceptors (Lipinski definition) is 4. The molecule has 2 unspecified atom stereocenters. The first-order valence-electron chi connectivity index (χ1n) is 15.8. The van der Waals surface area contributed by atoms with E-state index in [1.54, 1.807) is 0 Å². The molecule has 0 rings (SSSR count). The molecule has 0 aliphatic carbocycles. The summed E-state index contributed by atoms with van der Waals surface area (Å²) in [5, 5.41) is 10.9. The maximum Gasteiger partial charge on any atom is 0.306 e. The van der Waals surface area contributed by atoms with Crippen molar-refractivity contribution < 1.29 is 23.9 Å². The topological polar surface area (TPSA) is 66.4 Å². The third-order valence-corrected chi connectivity index (χ3v) is 7.32. The van der Waals surface area contributed by atoms with Crippen LogP contribution in [0.2, 0.25) is 0 Å². The Hall–Kier alpha value is -1.10. The zero-order chi connectivity index (χ0) is 27.8. The van der Waals surface area contributed by atoms with Gasteiger partial charge in [0, 0.05) is 18.8 Å². The molecule has 0 bridgehead atoms. The minimum atomic E-state index is -1.17. The van der Waals surface area contributed by atoms with E-state index in [9.17, 15) is 14.7 Å². The van der Waals surface area contributed by atoms with Crippen molar-refractivity contribution >= 4 is 11.9 Å². The van der Waals surface area contributed by atoms with Gasteiger partial charge in [-0.15, -0.1) is 0 Å². The van der Waals surface area contributed by atoms with Crippen molar-refractivity contribution in [2.24, 2.45) is 5.92 Å². The van der Waals surface area contributed by atoms with Crippen LogP contribution in [-0.2, 0) is 14.3 Å². The lowest BCUT2D eigenvalue weighted by molar-refractivity contribution is -0.873. The molecule has 5 heteroatoms. The van der Waals surface area contributed by atoms with Gasteiger partial charge in [0.25, 0.3) is 0 Å². The number of quaternary nitrogens is 1. The van der Waals surface area contributed by atoms with Crippen LogP contribution in [-0.4, -0.2) is 50.2 Å². The Morgan fingerprint density at radius 2 is 1.08 bits per heavy atom. The van der Waals surface area contributed by atoms with E-state index in [2.05, 4.69) is 13.8 Å². The van der Waals surface area contributed by atoms with Crippen molar-refractivity contribution in [1.29, 1.82) is 0 Å². The van der Waals surface area contributed by atoms with E-state index < -0.39 is 12.1 Å². The minimum absolute atomic E-state index is 0.237. The molecule has 2 atom stereocenters. The summed E-state index contributed by atoms with van der Waals surface area (Å²) in [7, 11) is 5.86. The van der Waals surface area contributed by atoms with E-state index in [-0.39, 0.29) is 12.4 Å². The summed E-state index contributed by atoms with van der Waals surface area (Å²) in [5.74, 6) is -0.559. The highest BCUT2D eigenvalue weighted by atomic mass is 16.5. The molecule has 0 aromatic carbocycles. The second kappa shape index (κ2) is 24.0. The number of hydrogen-bond donors (Lipinski definition) is 0. The lowest BCUT2D eigenvalue weighted by Crippen LogP contribution is -2.45. The van der Waals surface area contributed by atoms with Crippen LogP contribution >= 0.6 is 0 Å². The van der Waals surface area contributed by atoms with Gasteiger partial charge in [-0.05, 0) is 12.3 Å². The fourth-order valence-electron chi connectivity index (χ4n) is 5.13. The Balaban J connectivity index is 3.51. The van der Waals surface area contributed by atoms with Gasteiger partial charge >= 0.3 is 5.97 Å². The number of unbranched alkanes of at least 4 members (excludes halogenated alkanes) is 16. The van der Waals surface area contributed by atoms with Gasteiger partial charge in [-0.1, -0.05) is 136 Å². The van der Waals surface area contributed by atoms with Crippen molar-refractivity contribution in [3.05, 3.63) is 0 Å². The SMILES string of the molecule is CCCCCCCCCCC(C)CCCCCCCCCCCCC(=O)OC(CC(=O)[O-])C[N+](C)(C)C. The van der Waals surface area contributed by atoms with E-state index in [1.165, 1.54) is 109 Å². The molecular formula is C32H63NO4. The lowest BCUT2D eigenvalue weighted by Gasteiger charge is -2.29.